The molecule has 2 rings (SSSR count). The van der Waals surface area contributed by atoms with Crippen LogP contribution in [0.4, 0.5) is 13.2 Å². The number of hydrogen-bond donors (Lipinski definition) is 1. The van der Waals surface area contributed by atoms with Crippen LogP contribution in [0.25, 0.3) is 0 Å². The Labute approximate surface area is 131 Å². The minimum Gasteiger partial charge on any atom is -0.381 e. The number of nitrogens with one attached hydrogen (secondary N) is 1. The fourth-order valence-corrected chi connectivity index (χ4v) is 3.26. The van der Waals surface area contributed by atoms with Crippen molar-refractivity contribution in [2.24, 2.45) is 5.41 Å². The Kier molecular flexibility index (Phi) is 5.11. The molecule has 0 radical (unpaired) electrons. The number of ether oxygens (including phenoxy) is 1. The van der Waals surface area contributed by atoms with Crippen molar-refractivity contribution in [2.45, 2.75) is 45.3 Å². The van der Waals surface area contributed by atoms with Crippen molar-refractivity contribution in [3.8, 4) is 0 Å². The standard InChI is InChI=1S/C14H19F3N2O2S/c1-3-9(11-19-10(8-22-11)14(15,16)17)18-12(20)13(2)4-6-21-7-5-13/h8-9H,3-7H2,1-2H3,(H,18,20)/t9-/m1/s1. The van der Waals surface area contributed by atoms with Crippen LogP contribution in [0.15, 0.2) is 5.38 Å². The lowest BCUT2D eigenvalue weighted by Gasteiger charge is -2.33. The molecule has 1 N–H and O–H groups in total. The lowest BCUT2D eigenvalue weighted by atomic mass is 9.81. The van der Waals surface area contributed by atoms with Gasteiger partial charge in [-0.2, -0.15) is 13.2 Å². The monoisotopic (exact) mass is 336 g/mol. The highest BCUT2D eigenvalue weighted by Gasteiger charge is 2.37. The van der Waals surface area contributed by atoms with E-state index in [4.69, 9.17) is 4.74 Å². The molecule has 2 heterocycles. The maximum absolute atomic E-state index is 12.6. The molecule has 1 aromatic rings. The van der Waals surface area contributed by atoms with Gasteiger partial charge < -0.3 is 10.1 Å². The molecule has 1 aliphatic rings. The summed E-state index contributed by atoms with van der Waals surface area (Å²) in [5, 5.41) is 4.12. The second-order valence-corrected chi connectivity index (χ2v) is 6.57. The highest BCUT2D eigenvalue weighted by molar-refractivity contribution is 7.09. The van der Waals surface area contributed by atoms with Crippen LogP contribution in [0.2, 0.25) is 0 Å². The molecular weight excluding hydrogens is 317 g/mol. The number of amides is 1. The van der Waals surface area contributed by atoms with E-state index >= 15 is 0 Å². The smallest absolute Gasteiger partial charge is 0.381 e. The first-order valence-electron chi connectivity index (χ1n) is 7.17. The summed E-state index contributed by atoms with van der Waals surface area (Å²) in [7, 11) is 0. The molecule has 4 nitrogen and oxygen atoms in total. The molecule has 0 aromatic carbocycles. The summed E-state index contributed by atoms with van der Waals surface area (Å²) in [4.78, 5) is 16.1. The Hall–Kier alpha value is -1.15. The van der Waals surface area contributed by atoms with Gasteiger partial charge in [0.15, 0.2) is 5.69 Å². The number of rotatable bonds is 4. The number of thiazole rings is 1. The van der Waals surface area contributed by atoms with E-state index in [1.807, 2.05) is 13.8 Å². The minimum atomic E-state index is -4.45. The molecular formula is C14H19F3N2O2S. The predicted octanol–water partition coefficient (Wildman–Crippen LogP) is 3.55. The van der Waals surface area contributed by atoms with Gasteiger partial charge in [0.1, 0.15) is 5.01 Å². The molecule has 124 valence electrons. The molecule has 1 saturated heterocycles. The summed E-state index contributed by atoms with van der Waals surface area (Å²) < 4.78 is 43.1. The summed E-state index contributed by atoms with van der Waals surface area (Å²) in [5.41, 5.74) is -1.44. The first-order chi connectivity index (χ1) is 10.3. The summed E-state index contributed by atoms with van der Waals surface area (Å²) >= 11 is 0.926. The molecule has 0 aliphatic carbocycles. The average Bonchev–Trinajstić information content (AvgIpc) is 2.95. The van der Waals surface area contributed by atoms with E-state index in [0.29, 0.717) is 37.5 Å². The van der Waals surface area contributed by atoms with Gasteiger partial charge in [0.25, 0.3) is 0 Å². The van der Waals surface area contributed by atoms with Gasteiger partial charge in [0.05, 0.1) is 11.5 Å². The van der Waals surface area contributed by atoms with Crippen LogP contribution in [-0.4, -0.2) is 24.1 Å². The van der Waals surface area contributed by atoms with Crippen molar-refractivity contribution in [2.75, 3.05) is 13.2 Å². The highest BCUT2D eigenvalue weighted by atomic mass is 32.1. The Balaban J connectivity index is 2.08. The van der Waals surface area contributed by atoms with Gasteiger partial charge in [0, 0.05) is 18.6 Å². The van der Waals surface area contributed by atoms with Crippen molar-refractivity contribution < 1.29 is 22.7 Å². The molecule has 1 fully saturated rings. The van der Waals surface area contributed by atoms with Crippen LogP contribution in [0.1, 0.15) is 49.9 Å². The lowest BCUT2D eigenvalue weighted by molar-refractivity contribution is -0.140. The van der Waals surface area contributed by atoms with Gasteiger partial charge in [-0.25, -0.2) is 4.98 Å². The number of carbonyl (C=O) groups excluding carboxylic acids is 1. The fourth-order valence-electron chi connectivity index (χ4n) is 2.30. The van der Waals surface area contributed by atoms with Crippen molar-refractivity contribution in [1.82, 2.24) is 10.3 Å². The second-order valence-electron chi connectivity index (χ2n) is 5.68. The Morgan fingerprint density at radius 2 is 2.14 bits per heavy atom. The van der Waals surface area contributed by atoms with E-state index in [9.17, 15) is 18.0 Å². The SMILES string of the molecule is CC[C@@H](NC(=O)C1(C)CCOCC1)c1nc(C(F)(F)F)cs1. The van der Waals surface area contributed by atoms with Crippen LogP contribution in [0.3, 0.4) is 0 Å². The second kappa shape index (κ2) is 6.54. The van der Waals surface area contributed by atoms with Gasteiger partial charge in [-0.05, 0) is 19.3 Å². The first-order valence-corrected chi connectivity index (χ1v) is 8.05. The van der Waals surface area contributed by atoms with E-state index in [1.54, 1.807) is 0 Å². The van der Waals surface area contributed by atoms with Crippen molar-refractivity contribution in [1.29, 1.82) is 0 Å². The molecule has 1 aliphatic heterocycles. The van der Waals surface area contributed by atoms with Gasteiger partial charge in [-0.15, -0.1) is 11.3 Å². The van der Waals surface area contributed by atoms with Crippen LogP contribution < -0.4 is 5.32 Å². The predicted molar refractivity (Wildman–Crippen MR) is 76.5 cm³/mol. The van der Waals surface area contributed by atoms with Gasteiger partial charge in [-0.1, -0.05) is 13.8 Å². The zero-order valence-corrected chi connectivity index (χ0v) is 13.3. The van der Waals surface area contributed by atoms with E-state index < -0.39 is 23.3 Å². The van der Waals surface area contributed by atoms with Crippen LogP contribution in [-0.2, 0) is 15.7 Å². The topological polar surface area (TPSA) is 51.2 Å². The van der Waals surface area contributed by atoms with E-state index in [-0.39, 0.29) is 5.91 Å². The number of aromatic nitrogens is 1. The van der Waals surface area contributed by atoms with Crippen molar-refractivity contribution >= 4 is 17.2 Å². The molecule has 1 amide bonds. The third-order valence-electron chi connectivity index (χ3n) is 3.97. The molecule has 0 bridgehead atoms. The van der Waals surface area contributed by atoms with E-state index in [0.717, 1.165) is 16.7 Å². The fraction of sp³-hybridized carbons (Fsp3) is 0.714. The first kappa shape index (κ1) is 17.2. The van der Waals surface area contributed by atoms with E-state index in [2.05, 4.69) is 10.3 Å². The average molecular weight is 336 g/mol. The van der Waals surface area contributed by atoms with Crippen LogP contribution in [0, 0.1) is 5.41 Å². The summed E-state index contributed by atoms with van der Waals surface area (Å²) in [6.07, 6.45) is -2.74. The third kappa shape index (κ3) is 3.78. The number of hydrogen-bond acceptors (Lipinski definition) is 4. The summed E-state index contributed by atoms with van der Waals surface area (Å²) in [5.74, 6) is -0.147. The zero-order chi connectivity index (χ0) is 16.4. The summed E-state index contributed by atoms with van der Waals surface area (Å²) in [6.45, 7) is 4.72. The lowest BCUT2D eigenvalue weighted by Crippen LogP contribution is -2.43. The summed E-state index contributed by atoms with van der Waals surface area (Å²) in [6, 6.07) is -0.492. The molecule has 22 heavy (non-hydrogen) atoms. The molecule has 0 unspecified atom stereocenters. The number of nitrogens with zero attached hydrogens (tertiary/aromatic N) is 1. The van der Waals surface area contributed by atoms with Gasteiger partial charge >= 0.3 is 6.18 Å². The molecule has 0 spiro atoms. The van der Waals surface area contributed by atoms with Crippen LogP contribution in [0.5, 0.6) is 0 Å². The Morgan fingerprint density at radius 3 is 2.64 bits per heavy atom. The molecule has 0 saturated carbocycles. The normalized spacial score (nSPS) is 19.7. The Bertz CT molecular complexity index is 524. The zero-order valence-electron chi connectivity index (χ0n) is 12.5. The maximum Gasteiger partial charge on any atom is 0.434 e. The largest absolute Gasteiger partial charge is 0.434 e. The maximum atomic E-state index is 12.6. The third-order valence-corrected chi connectivity index (χ3v) is 4.93. The molecule has 8 heteroatoms. The molecule has 1 aromatic heterocycles. The number of carbonyl (C=O) groups is 1. The molecule has 1 atom stereocenters. The van der Waals surface area contributed by atoms with Crippen LogP contribution >= 0.6 is 11.3 Å². The van der Waals surface area contributed by atoms with Crippen molar-refractivity contribution in [3.05, 3.63) is 16.1 Å². The number of alkyl halides is 3. The highest BCUT2D eigenvalue weighted by Crippen LogP contribution is 2.34. The minimum absolute atomic E-state index is 0.147. The van der Waals surface area contributed by atoms with Crippen molar-refractivity contribution in [3.63, 3.8) is 0 Å². The van der Waals surface area contributed by atoms with Gasteiger partial charge in [-0.3, -0.25) is 4.79 Å². The van der Waals surface area contributed by atoms with E-state index in [1.165, 1.54) is 0 Å². The van der Waals surface area contributed by atoms with Gasteiger partial charge in [0.2, 0.25) is 5.91 Å². The Morgan fingerprint density at radius 1 is 1.50 bits per heavy atom. The quantitative estimate of drug-likeness (QED) is 0.915. The number of halogens is 3.